The van der Waals surface area contributed by atoms with E-state index in [1.807, 2.05) is 24.3 Å². The fourth-order valence-electron chi connectivity index (χ4n) is 3.77. The number of aliphatic hydroxyl groups is 2. The number of para-hydroxylation sites is 1. The van der Waals surface area contributed by atoms with Gasteiger partial charge in [-0.2, -0.15) is 0 Å². The van der Waals surface area contributed by atoms with E-state index in [0.717, 1.165) is 27.7 Å². The second-order valence-electron chi connectivity index (χ2n) is 7.66. The molecule has 0 aliphatic heterocycles. The fourth-order valence-corrected chi connectivity index (χ4v) is 3.77. The number of aliphatic hydroxyl groups excluding tert-OH is 2. The third kappa shape index (κ3) is 5.81. The van der Waals surface area contributed by atoms with Gasteiger partial charge in [-0.05, 0) is 43.7 Å². The molecule has 0 spiro atoms. The predicted molar refractivity (Wildman–Crippen MR) is 126 cm³/mol. The summed E-state index contributed by atoms with van der Waals surface area (Å²) in [6, 6.07) is 14.4. The summed E-state index contributed by atoms with van der Waals surface area (Å²) in [5.74, 6) is -1.43. The van der Waals surface area contributed by atoms with E-state index in [9.17, 15) is 19.4 Å². The van der Waals surface area contributed by atoms with Gasteiger partial charge < -0.3 is 19.9 Å². The molecule has 7 heteroatoms. The van der Waals surface area contributed by atoms with E-state index in [2.05, 4.69) is 18.4 Å². The molecule has 2 atom stereocenters. The molecule has 1 aromatic heterocycles. The van der Waals surface area contributed by atoms with Crippen molar-refractivity contribution in [2.75, 3.05) is 0 Å². The third-order valence-electron chi connectivity index (χ3n) is 5.00. The number of carboxylic acids is 1. The van der Waals surface area contributed by atoms with Crippen LogP contribution in [0.15, 0.2) is 54.6 Å². The minimum atomic E-state index is -1.13. The molecule has 0 radical (unpaired) electrons. The number of hydrogen-bond donors (Lipinski definition) is 3. The summed E-state index contributed by atoms with van der Waals surface area (Å²) in [5.41, 5.74) is 3.65. The van der Waals surface area contributed by atoms with Crippen LogP contribution in [0.25, 0.3) is 28.1 Å². The monoisotopic (exact) mass is 491 g/mol. The maximum atomic E-state index is 13.5. The smallest absolute Gasteiger partial charge is 0.305 e. The van der Waals surface area contributed by atoms with Crippen LogP contribution in [0.4, 0.5) is 4.39 Å². The highest BCUT2D eigenvalue weighted by Gasteiger charge is 2.19. The zero-order valence-electron chi connectivity index (χ0n) is 17.4. The first-order valence-electron chi connectivity index (χ1n) is 9.93. The Morgan fingerprint density at radius 3 is 2.35 bits per heavy atom. The van der Waals surface area contributed by atoms with Crippen LogP contribution >= 0.6 is 17.0 Å². The van der Waals surface area contributed by atoms with Gasteiger partial charge in [-0.1, -0.05) is 36.4 Å². The standard InChI is InChI=1S/C24H26FNO4.BrH/c1-15(2)26-21-6-4-3-5-20(21)24(16-7-9-17(25)10-8-16)22(26)12-11-18(27)13-19(28)14-23(29)30;/h3-12,15,18-19,27-28H,13-14H2,1-2H3,(H,29,30);1H/b12-11+;. The van der Waals surface area contributed by atoms with Crippen LogP contribution in [0.3, 0.4) is 0 Å². The van der Waals surface area contributed by atoms with E-state index < -0.39 is 24.6 Å². The minimum absolute atomic E-state index is 0. The summed E-state index contributed by atoms with van der Waals surface area (Å²) in [6.07, 6.45) is 0.727. The molecule has 31 heavy (non-hydrogen) atoms. The van der Waals surface area contributed by atoms with Crippen molar-refractivity contribution in [1.82, 2.24) is 4.57 Å². The second-order valence-corrected chi connectivity index (χ2v) is 7.66. The zero-order chi connectivity index (χ0) is 21.8. The van der Waals surface area contributed by atoms with Crippen molar-refractivity contribution in [1.29, 1.82) is 0 Å². The maximum Gasteiger partial charge on any atom is 0.305 e. The topological polar surface area (TPSA) is 82.7 Å². The highest BCUT2D eigenvalue weighted by atomic mass is 79.9. The Bertz CT molecular complexity index is 1060. The molecule has 0 bridgehead atoms. The van der Waals surface area contributed by atoms with Gasteiger partial charge in [0.1, 0.15) is 5.82 Å². The van der Waals surface area contributed by atoms with Crippen molar-refractivity contribution in [3.8, 4) is 11.1 Å². The van der Waals surface area contributed by atoms with Crippen molar-refractivity contribution in [2.45, 2.75) is 44.9 Å². The Balaban J connectivity index is 0.00000341. The third-order valence-corrected chi connectivity index (χ3v) is 5.00. The van der Waals surface area contributed by atoms with E-state index in [1.54, 1.807) is 24.3 Å². The highest BCUT2D eigenvalue weighted by Crippen LogP contribution is 2.38. The first-order valence-corrected chi connectivity index (χ1v) is 9.93. The molecule has 3 rings (SSSR count). The predicted octanol–water partition coefficient (Wildman–Crippen LogP) is 5.21. The first-order chi connectivity index (χ1) is 14.3. The fraction of sp³-hybridized carbons (Fsp3) is 0.292. The highest BCUT2D eigenvalue weighted by molar-refractivity contribution is 8.93. The van der Waals surface area contributed by atoms with E-state index in [4.69, 9.17) is 5.11 Å². The van der Waals surface area contributed by atoms with Gasteiger partial charge in [-0.3, -0.25) is 4.79 Å². The zero-order valence-corrected chi connectivity index (χ0v) is 19.1. The molecule has 0 fully saturated rings. The number of carbonyl (C=O) groups is 1. The van der Waals surface area contributed by atoms with Gasteiger partial charge >= 0.3 is 5.97 Å². The van der Waals surface area contributed by atoms with Gasteiger partial charge in [-0.25, -0.2) is 4.39 Å². The quantitative estimate of drug-likeness (QED) is 0.404. The number of hydrogen-bond acceptors (Lipinski definition) is 3. The molecule has 0 amide bonds. The summed E-state index contributed by atoms with van der Waals surface area (Å²) in [5, 5.41) is 29.9. The van der Waals surface area contributed by atoms with Gasteiger partial charge in [0.15, 0.2) is 0 Å². The lowest BCUT2D eigenvalue weighted by Crippen LogP contribution is -2.19. The summed E-state index contributed by atoms with van der Waals surface area (Å²) in [6.45, 7) is 4.12. The largest absolute Gasteiger partial charge is 0.481 e. The maximum absolute atomic E-state index is 13.5. The number of aromatic nitrogens is 1. The second kappa shape index (κ2) is 10.7. The van der Waals surface area contributed by atoms with Crippen LogP contribution in [-0.2, 0) is 4.79 Å². The van der Waals surface area contributed by atoms with E-state index in [0.29, 0.717) is 0 Å². The van der Waals surface area contributed by atoms with Gasteiger partial charge in [0, 0.05) is 34.6 Å². The van der Waals surface area contributed by atoms with Crippen LogP contribution < -0.4 is 0 Å². The molecule has 3 aromatic rings. The molecule has 1 heterocycles. The molecule has 3 N–H and O–H groups in total. The molecule has 166 valence electrons. The lowest BCUT2D eigenvalue weighted by Gasteiger charge is -2.15. The van der Waals surface area contributed by atoms with Gasteiger partial charge in [0.2, 0.25) is 0 Å². The number of aliphatic carboxylic acids is 1. The molecule has 2 unspecified atom stereocenters. The average Bonchev–Trinajstić information content (AvgIpc) is 3.00. The number of fused-ring (bicyclic) bond motifs is 1. The lowest BCUT2D eigenvalue weighted by molar-refractivity contribution is -0.139. The van der Waals surface area contributed by atoms with Crippen LogP contribution in [0.2, 0.25) is 0 Å². The Labute approximate surface area is 191 Å². The molecule has 5 nitrogen and oxygen atoms in total. The first kappa shape index (κ1) is 24.8. The van der Waals surface area contributed by atoms with E-state index in [1.165, 1.54) is 12.1 Å². The van der Waals surface area contributed by atoms with Crippen molar-refractivity contribution < 1.29 is 24.5 Å². The molecule has 0 aliphatic carbocycles. The number of nitrogens with zero attached hydrogens (tertiary/aromatic N) is 1. The molecular formula is C24H27BrFNO4. The van der Waals surface area contributed by atoms with Gasteiger partial charge in [0.05, 0.1) is 18.6 Å². The Kier molecular flexibility index (Phi) is 8.56. The molecule has 0 saturated heterocycles. The number of carboxylic acid groups (broad SMARTS) is 1. The van der Waals surface area contributed by atoms with E-state index >= 15 is 0 Å². The van der Waals surface area contributed by atoms with Crippen molar-refractivity contribution in [3.63, 3.8) is 0 Å². The number of halogens is 2. The molecular weight excluding hydrogens is 465 g/mol. The minimum Gasteiger partial charge on any atom is -0.481 e. The summed E-state index contributed by atoms with van der Waals surface area (Å²) < 4.78 is 15.6. The lowest BCUT2D eigenvalue weighted by atomic mass is 10.0. The Morgan fingerprint density at radius 1 is 1.10 bits per heavy atom. The molecule has 0 aliphatic rings. The Morgan fingerprint density at radius 2 is 1.74 bits per heavy atom. The summed E-state index contributed by atoms with van der Waals surface area (Å²) in [4.78, 5) is 10.7. The average molecular weight is 492 g/mol. The van der Waals surface area contributed by atoms with Crippen LogP contribution in [0, 0.1) is 5.82 Å². The normalized spacial score (nSPS) is 13.5. The van der Waals surface area contributed by atoms with Gasteiger partial charge in [0.25, 0.3) is 0 Å². The van der Waals surface area contributed by atoms with Crippen molar-refractivity contribution in [2.24, 2.45) is 0 Å². The summed E-state index contributed by atoms with van der Waals surface area (Å²) in [7, 11) is 0. The summed E-state index contributed by atoms with van der Waals surface area (Å²) >= 11 is 0. The van der Waals surface area contributed by atoms with Crippen LogP contribution in [-0.4, -0.2) is 38.1 Å². The van der Waals surface area contributed by atoms with Crippen molar-refractivity contribution >= 4 is 39.9 Å². The number of rotatable bonds is 8. The Hall–Kier alpha value is -2.48. The van der Waals surface area contributed by atoms with Crippen molar-refractivity contribution in [3.05, 3.63) is 66.1 Å². The van der Waals surface area contributed by atoms with Gasteiger partial charge in [-0.15, -0.1) is 17.0 Å². The molecule has 0 saturated carbocycles. The SMILES string of the molecule is Br.CC(C)n1c(/C=C/C(O)CC(O)CC(=O)O)c(-c2ccc(F)cc2)c2ccccc21. The van der Waals surface area contributed by atoms with E-state index in [-0.39, 0.29) is 35.3 Å². The number of benzene rings is 2. The van der Waals surface area contributed by atoms with Crippen LogP contribution in [0.5, 0.6) is 0 Å². The molecule has 2 aromatic carbocycles. The van der Waals surface area contributed by atoms with Crippen LogP contribution in [0.1, 0.15) is 38.4 Å².